The monoisotopic (exact) mass is 432 g/mol. The van der Waals surface area contributed by atoms with Crippen LogP contribution in [0.15, 0.2) is 64.5 Å². The molecule has 31 heavy (non-hydrogen) atoms. The van der Waals surface area contributed by atoms with Crippen molar-refractivity contribution in [2.24, 2.45) is 5.92 Å². The summed E-state index contributed by atoms with van der Waals surface area (Å²) < 4.78 is 1.14. The Bertz CT molecular complexity index is 1230. The topological polar surface area (TPSA) is 84.3 Å². The Morgan fingerprint density at radius 1 is 1.16 bits per heavy atom. The zero-order valence-corrected chi connectivity index (χ0v) is 17.5. The van der Waals surface area contributed by atoms with Crippen molar-refractivity contribution in [1.29, 1.82) is 0 Å². The third-order valence-electron chi connectivity index (χ3n) is 5.05. The molecule has 0 bridgehead atoms. The minimum atomic E-state index is -0.555. The van der Waals surface area contributed by atoms with E-state index >= 15 is 0 Å². The van der Waals surface area contributed by atoms with Gasteiger partial charge in [-0.1, -0.05) is 60.1 Å². The maximum Gasteiger partial charge on any atom is 0.281 e. The number of likely N-dealkylation sites (tertiary alicyclic amines) is 1. The summed E-state index contributed by atoms with van der Waals surface area (Å²) in [5.41, 5.74) is 3.81. The van der Waals surface area contributed by atoms with E-state index in [1.807, 2.05) is 30.3 Å². The van der Waals surface area contributed by atoms with Crippen molar-refractivity contribution >= 4 is 34.5 Å². The van der Waals surface area contributed by atoms with Crippen LogP contribution in [0.3, 0.4) is 0 Å². The Hall–Kier alpha value is -3.57. The molecule has 2 amide bonds. The van der Waals surface area contributed by atoms with Gasteiger partial charge in [0.15, 0.2) is 5.16 Å². The van der Waals surface area contributed by atoms with Crippen molar-refractivity contribution in [3.05, 3.63) is 70.5 Å². The van der Waals surface area contributed by atoms with Crippen molar-refractivity contribution in [3.63, 3.8) is 0 Å². The SMILES string of the molecule is C#CCSc1nc2ccccc2c(=O)n1NC(=O)C1CC(=O)N(Cc2ccccc2)C1. The molecule has 1 aliphatic heterocycles. The van der Waals surface area contributed by atoms with Gasteiger partial charge >= 0.3 is 0 Å². The first kappa shape index (κ1) is 20.7. The van der Waals surface area contributed by atoms with Crippen molar-refractivity contribution in [1.82, 2.24) is 14.6 Å². The number of rotatable bonds is 6. The fourth-order valence-corrected chi connectivity index (χ4v) is 4.15. The van der Waals surface area contributed by atoms with Gasteiger partial charge in [-0.25, -0.2) is 4.98 Å². The van der Waals surface area contributed by atoms with Crippen molar-refractivity contribution in [3.8, 4) is 12.3 Å². The van der Waals surface area contributed by atoms with Gasteiger partial charge in [0.1, 0.15) is 0 Å². The number of nitrogens with zero attached hydrogens (tertiary/aromatic N) is 3. The van der Waals surface area contributed by atoms with Crippen LogP contribution in [0.1, 0.15) is 12.0 Å². The van der Waals surface area contributed by atoms with Gasteiger partial charge < -0.3 is 4.90 Å². The van der Waals surface area contributed by atoms with Crippen LogP contribution in [0, 0.1) is 18.3 Å². The lowest BCUT2D eigenvalue weighted by atomic mass is 10.1. The van der Waals surface area contributed by atoms with E-state index in [1.165, 1.54) is 11.8 Å². The molecule has 0 radical (unpaired) electrons. The van der Waals surface area contributed by atoms with Gasteiger partial charge in [0, 0.05) is 19.5 Å². The molecular weight excluding hydrogens is 412 g/mol. The van der Waals surface area contributed by atoms with E-state index in [0.29, 0.717) is 34.9 Å². The molecule has 0 aliphatic carbocycles. The van der Waals surface area contributed by atoms with Gasteiger partial charge in [0.2, 0.25) is 11.8 Å². The van der Waals surface area contributed by atoms with Crippen molar-refractivity contribution in [2.75, 3.05) is 17.7 Å². The highest BCUT2D eigenvalue weighted by molar-refractivity contribution is 7.99. The molecule has 7 nitrogen and oxygen atoms in total. The first-order valence-electron chi connectivity index (χ1n) is 9.77. The lowest BCUT2D eigenvalue weighted by molar-refractivity contribution is -0.128. The van der Waals surface area contributed by atoms with E-state index in [9.17, 15) is 14.4 Å². The molecule has 1 fully saturated rings. The minimum absolute atomic E-state index is 0.0880. The Labute approximate surface area is 183 Å². The van der Waals surface area contributed by atoms with Crippen LogP contribution < -0.4 is 11.0 Å². The molecule has 0 saturated carbocycles. The predicted molar refractivity (Wildman–Crippen MR) is 120 cm³/mol. The minimum Gasteiger partial charge on any atom is -0.338 e. The van der Waals surface area contributed by atoms with Crippen LogP contribution in [0.2, 0.25) is 0 Å². The molecule has 1 aromatic heterocycles. The summed E-state index contributed by atoms with van der Waals surface area (Å²) in [4.78, 5) is 44.5. The highest BCUT2D eigenvalue weighted by atomic mass is 32.2. The number of aromatic nitrogens is 2. The van der Waals surface area contributed by atoms with Gasteiger partial charge in [-0.2, -0.15) is 4.68 Å². The average Bonchev–Trinajstić information content (AvgIpc) is 3.15. The first-order chi connectivity index (χ1) is 15.1. The lowest BCUT2D eigenvalue weighted by Gasteiger charge is -2.18. The standard InChI is InChI=1S/C23H20N4O3S/c1-2-12-31-23-24-19-11-7-6-10-18(19)22(30)27(23)25-21(29)17-13-20(28)26(15-17)14-16-8-4-3-5-9-16/h1,3-11,17H,12-15H2,(H,25,29). The number of fused-ring (bicyclic) bond motifs is 1. The Kier molecular flexibility index (Phi) is 6.05. The Morgan fingerprint density at radius 3 is 2.68 bits per heavy atom. The van der Waals surface area contributed by atoms with Crippen LogP contribution in [0.25, 0.3) is 10.9 Å². The summed E-state index contributed by atoms with van der Waals surface area (Å²) in [6.07, 6.45) is 5.45. The van der Waals surface area contributed by atoms with E-state index in [1.54, 1.807) is 29.2 Å². The number of benzene rings is 2. The second kappa shape index (κ2) is 9.06. The number of carbonyl (C=O) groups is 2. The molecule has 0 spiro atoms. The first-order valence-corrected chi connectivity index (χ1v) is 10.8. The molecule has 156 valence electrons. The van der Waals surface area contributed by atoms with Gasteiger partial charge in [0.05, 0.1) is 22.6 Å². The lowest BCUT2D eigenvalue weighted by Crippen LogP contribution is -2.39. The fourth-order valence-electron chi connectivity index (χ4n) is 3.52. The van der Waals surface area contributed by atoms with Gasteiger partial charge in [-0.3, -0.25) is 19.8 Å². The number of terminal acetylenes is 1. The van der Waals surface area contributed by atoms with Crippen LogP contribution in [-0.4, -0.2) is 38.7 Å². The van der Waals surface area contributed by atoms with E-state index < -0.39 is 11.8 Å². The number of amides is 2. The normalized spacial score (nSPS) is 15.8. The molecule has 2 heterocycles. The number of nitrogens with one attached hydrogen (secondary N) is 1. The third-order valence-corrected chi connectivity index (χ3v) is 5.90. The molecule has 1 unspecified atom stereocenters. The van der Waals surface area contributed by atoms with Crippen molar-refractivity contribution < 1.29 is 9.59 Å². The van der Waals surface area contributed by atoms with E-state index in [2.05, 4.69) is 16.3 Å². The van der Waals surface area contributed by atoms with E-state index in [0.717, 1.165) is 10.2 Å². The predicted octanol–water partition coefficient (Wildman–Crippen LogP) is 2.24. The molecule has 2 aromatic carbocycles. The number of thioether (sulfide) groups is 1. The summed E-state index contributed by atoms with van der Waals surface area (Å²) in [5, 5.41) is 0.696. The fraction of sp³-hybridized carbons (Fsp3) is 0.217. The number of hydrogen-bond donors (Lipinski definition) is 1. The highest BCUT2D eigenvalue weighted by Gasteiger charge is 2.34. The van der Waals surface area contributed by atoms with Crippen LogP contribution >= 0.6 is 11.8 Å². The molecule has 1 atom stereocenters. The van der Waals surface area contributed by atoms with Gasteiger partial charge in [-0.05, 0) is 17.7 Å². The smallest absolute Gasteiger partial charge is 0.281 e. The summed E-state index contributed by atoms with van der Waals surface area (Å²) >= 11 is 1.19. The highest BCUT2D eigenvalue weighted by Crippen LogP contribution is 2.22. The van der Waals surface area contributed by atoms with Gasteiger partial charge in [0.25, 0.3) is 5.56 Å². The van der Waals surface area contributed by atoms with Crippen LogP contribution in [0.5, 0.6) is 0 Å². The summed E-state index contributed by atoms with van der Waals surface area (Å²) in [5.74, 6) is 1.76. The molecule has 8 heteroatoms. The summed E-state index contributed by atoms with van der Waals surface area (Å²) in [6.45, 7) is 0.742. The maximum atomic E-state index is 13.0. The van der Waals surface area contributed by atoms with Crippen molar-refractivity contribution in [2.45, 2.75) is 18.1 Å². The maximum absolute atomic E-state index is 13.0. The van der Waals surface area contributed by atoms with E-state index in [4.69, 9.17) is 6.42 Å². The zero-order valence-electron chi connectivity index (χ0n) is 16.7. The molecular formula is C23H20N4O3S. The molecule has 1 saturated heterocycles. The zero-order chi connectivity index (χ0) is 21.8. The van der Waals surface area contributed by atoms with Crippen LogP contribution in [0.4, 0.5) is 0 Å². The second-order valence-electron chi connectivity index (χ2n) is 7.18. The molecule has 1 N–H and O–H groups in total. The third kappa shape index (κ3) is 4.47. The van der Waals surface area contributed by atoms with Gasteiger partial charge in [-0.15, -0.1) is 6.42 Å². The van der Waals surface area contributed by atoms with E-state index in [-0.39, 0.29) is 17.9 Å². The average molecular weight is 433 g/mol. The summed E-state index contributed by atoms with van der Waals surface area (Å²) in [6, 6.07) is 16.5. The van der Waals surface area contributed by atoms with Crippen LogP contribution in [-0.2, 0) is 16.1 Å². The quantitative estimate of drug-likeness (QED) is 0.367. The number of para-hydroxylation sites is 1. The Morgan fingerprint density at radius 2 is 1.90 bits per heavy atom. The molecule has 1 aliphatic rings. The number of carbonyl (C=O) groups excluding carboxylic acids is 2. The Balaban J connectivity index is 1.55. The second-order valence-corrected chi connectivity index (χ2v) is 8.12. The molecule has 4 rings (SSSR count). The molecule has 3 aromatic rings. The number of hydrogen-bond acceptors (Lipinski definition) is 5. The largest absolute Gasteiger partial charge is 0.338 e. The summed E-state index contributed by atoms with van der Waals surface area (Å²) in [7, 11) is 0.